The number of hydrogen-bond donors (Lipinski definition) is 1. The van der Waals surface area contributed by atoms with Gasteiger partial charge in [0.2, 0.25) is 5.91 Å². The summed E-state index contributed by atoms with van der Waals surface area (Å²) in [4.78, 5) is 44.3. The third kappa shape index (κ3) is 4.54. The number of nitrogens with zero attached hydrogens (tertiary/aromatic N) is 3. The number of imide groups is 2. The first-order valence-electron chi connectivity index (χ1n) is 9.01. The molecule has 1 aromatic rings. The van der Waals surface area contributed by atoms with Gasteiger partial charge in [0.05, 0.1) is 12.2 Å². The second-order valence-corrected chi connectivity index (χ2v) is 6.05. The van der Waals surface area contributed by atoms with Crippen LogP contribution in [-0.4, -0.2) is 55.1 Å². The molecule has 0 unspecified atom stereocenters. The van der Waals surface area contributed by atoms with Gasteiger partial charge in [0.15, 0.2) is 5.92 Å². The van der Waals surface area contributed by atoms with Crippen molar-refractivity contribution in [2.24, 2.45) is 10.9 Å². The molecule has 1 heterocycles. The van der Waals surface area contributed by atoms with E-state index in [9.17, 15) is 14.4 Å². The topological polar surface area (TPSA) is 82.1 Å². The van der Waals surface area contributed by atoms with Crippen molar-refractivity contribution < 1.29 is 14.4 Å². The summed E-state index contributed by atoms with van der Waals surface area (Å²) < 4.78 is 0. The molecule has 140 valence electrons. The lowest BCUT2D eigenvalue weighted by atomic mass is 10.1. The van der Waals surface area contributed by atoms with Crippen molar-refractivity contribution in [3.8, 4) is 0 Å². The van der Waals surface area contributed by atoms with Crippen LogP contribution in [0, 0.1) is 5.92 Å². The van der Waals surface area contributed by atoms with Gasteiger partial charge in [-0.2, -0.15) is 0 Å². The fourth-order valence-electron chi connectivity index (χ4n) is 2.77. The number of rotatable bonds is 8. The van der Waals surface area contributed by atoms with Crippen molar-refractivity contribution in [3.63, 3.8) is 0 Å². The highest BCUT2D eigenvalue weighted by molar-refractivity contribution is 6.32. The zero-order chi connectivity index (χ0) is 19.1. The number of likely N-dealkylation sites (N-methyl/N-ethyl adjacent to an activating group) is 1. The maximum absolute atomic E-state index is 12.7. The minimum atomic E-state index is -1.09. The van der Waals surface area contributed by atoms with E-state index in [0.717, 1.165) is 36.5 Å². The summed E-state index contributed by atoms with van der Waals surface area (Å²) in [5, 5.41) is 2.23. The minimum Gasteiger partial charge on any atom is -0.302 e. The number of nitrogens with one attached hydrogen (secondary N) is 1. The number of barbiturate groups is 1. The molecule has 1 atom stereocenters. The first-order chi connectivity index (χ1) is 12.5. The van der Waals surface area contributed by atoms with Crippen LogP contribution < -0.4 is 10.2 Å². The van der Waals surface area contributed by atoms with E-state index >= 15 is 0 Å². The molecule has 2 rings (SSSR count). The molecule has 4 amide bonds. The molecule has 1 aromatic carbocycles. The van der Waals surface area contributed by atoms with Crippen LogP contribution in [0.4, 0.5) is 10.5 Å². The maximum atomic E-state index is 12.7. The zero-order valence-electron chi connectivity index (χ0n) is 15.6. The monoisotopic (exact) mass is 358 g/mol. The van der Waals surface area contributed by atoms with Crippen LogP contribution in [0.25, 0.3) is 0 Å². The SMILES string of the molecule is CCc1ccc(N2C(=O)NC(=O)[C@@H](C=NCCN(CC)CC)C2=O)cc1. The quantitative estimate of drug-likeness (QED) is 0.568. The summed E-state index contributed by atoms with van der Waals surface area (Å²) in [5.74, 6) is -2.29. The van der Waals surface area contributed by atoms with Crippen LogP contribution in [0.15, 0.2) is 29.3 Å². The molecule has 26 heavy (non-hydrogen) atoms. The number of anilines is 1. The van der Waals surface area contributed by atoms with Crippen molar-refractivity contribution >= 4 is 29.7 Å². The maximum Gasteiger partial charge on any atom is 0.335 e. The molecule has 1 N–H and O–H groups in total. The molecule has 0 spiro atoms. The summed E-state index contributed by atoms with van der Waals surface area (Å²) in [7, 11) is 0. The Kier molecular flexibility index (Phi) is 7.03. The number of hydrogen-bond acceptors (Lipinski definition) is 5. The van der Waals surface area contributed by atoms with E-state index in [1.165, 1.54) is 6.21 Å². The van der Waals surface area contributed by atoms with Crippen molar-refractivity contribution in [2.45, 2.75) is 27.2 Å². The van der Waals surface area contributed by atoms with Gasteiger partial charge in [-0.3, -0.25) is 19.9 Å². The molecule has 0 radical (unpaired) electrons. The van der Waals surface area contributed by atoms with Gasteiger partial charge in [0, 0.05) is 12.8 Å². The molecule has 1 saturated heterocycles. The van der Waals surface area contributed by atoms with Gasteiger partial charge in [0.1, 0.15) is 0 Å². The Morgan fingerprint density at radius 3 is 2.35 bits per heavy atom. The highest BCUT2D eigenvalue weighted by Crippen LogP contribution is 2.21. The molecular weight excluding hydrogens is 332 g/mol. The van der Waals surface area contributed by atoms with E-state index in [-0.39, 0.29) is 0 Å². The largest absolute Gasteiger partial charge is 0.335 e. The summed E-state index contributed by atoms with van der Waals surface area (Å²) in [6.07, 6.45) is 2.21. The number of carbonyl (C=O) groups excluding carboxylic acids is 3. The van der Waals surface area contributed by atoms with E-state index in [1.807, 2.05) is 19.1 Å². The highest BCUT2D eigenvalue weighted by Gasteiger charge is 2.40. The molecule has 7 nitrogen and oxygen atoms in total. The predicted octanol–water partition coefficient (Wildman–Crippen LogP) is 1.86. The molecule has 1 aliphatic rings. The third-order valence-corrected chi connectivity index (χ3v) is 4.50. The molecule has 0 bridgehead atoms. The number of carbonyl (C=O) groups is 3. The van der Waals surface area contributed by atoms with Gasteiger partial charge in [-0.25, -0.2) is 9.69 Å². The van der Waals surface area contributed by atoms with Gasteiger partial charge in [-0.15, -0.1) is 0 Å². The highest BCUT2D eigenvalue weighted by atomic mass is 16.2. The van der Waals surface area contributed by atoms with Gasteiger partial charge in [-0.1, -0.05) is 32.9 Å². The number of urea groups is 1. The fourth-order valence-corrected chi connectivity index (χ4v) is 2.77. The number of aliphatic imine (C=N–C) groups is 1. The molecule has 1 aliphatic heterocycles. The van der Waals surface area contributed by atoms with Crippen LogP contribution in [0.5, 0.6) is 0 Å². The normalized spacial score (nSPS) is 18.1. The lowest BCUT2D eigenvalue weighted by molar-refractivity contribution is -0.131. The molecule has 1 fully saturated rings. The Morgan fingerprint density at radius 1 is 1.12 bits per heavy atom. The predicted molar refractivity (Wildman–Crippen MR) is 101 cm³/mol. The molecule has 0 aliphatic carbocycles. The van der Waals surface area contributed by atoms with Crippen LogP contribution in [-0.2, 0) is 16.0 Å². The molecule has 7 heteroatoms. The Hall–Kier alpha value is -2.54. The van der Waals surface area contributed by atoms with Gasteiger partial charge >= 0.3 is 6.03 Å². The first-order valence-corrected chi connectivity index (χ1v) is 9.01. The molecular formula is C19H26N4O3. The van der Waals surface area contributed by atoms with Gasteiger partial charge in [-0.05, 0) is 37.2 Å². The number of amides is 4. The van der Waals surface area contributed by atoms with Crippen molar-refractivity contribution in [1.29, 1.82) is 0 Å². The smallest absolute Gasteiger partial charge is 0.302 e. The number of aryl methyl sites for hydroxylation is 1. The first kappa shape index (κ1) is 19.8. The van der Waals surface area contributed by atoms with E-state index in [0.29, 0.717) is 12.2 Å². The van der Waals surface area contributed by atoms with Gasteiger partial charge < -0.3 is 4.90 Å². The summed E-state index contributed by atoms with van der Waals surface area (Å²) >= 11 is 0. The van der Waals surface area contributed by atoms with E-state index in [2.05, 4.69) is 29.1 Å². The Bertz CT molecular complexity index is 681. The molecule has 0 saturated carbocycles. The second-order valence-electron chi connectivity index (χ2n) is 6.05. The Balaban J connectivity index is 2.11. The Labute approximate surface area is 154 Å². The minimum absolute atomic E-state index is 0.443. The summed E-state index contributed by atoms with van der Waals surface area (Å²) in [6, 6.07) is 6.41. The lowest BCUT2D eigenvalue weighted by Crippen LogP contribution is -2.58. The Morgan fingerprint density at radius 2 is 1.77 bits per heavy atom. The second kappa shape index (κ2) is 9.24. The van der Waals surface area contributed by atoms with Gasteiger partial charge in [0.25, 0.3) is 5.91 Å². The summed E-state index contributed by atoms with van der Waals surface area (Å²) in [6.45, 7) is 9.26. The number of benzene rings is 1. The van der Waals surface area contributed by atoms with E-state index < -0.39 is 23.8 Å². The van der Waals surface area contributed by atoms with E-state index in [1.54, 1.807) is 12.1 Å². The van der Waals surface area contributed by atoms with Crippen LogP contribution >= 0.6 is 0 Å². The lowest BCUT2D eigenvalue weighted by Gasteiger charge is -2.28. The van der Waals surface area contributed by atoms with E-state index in [4.69, 9.17) is 0 Å². The average molecular weight is 358 g/mol. The van der Waals surface area contributed by atoms with Crippen molar-refractivity contribution in [2.75, 3.05) is 31.1 Å². The van der Waals surface area contributed by atoms with Crippen LogP contribution in [0.3, 0.4) is 0 Å². The standard InChI is InChI=1S/C19H26N4O3/c1-4-14-7-9-15(10-8-14)23-18(25)16(17(24)21-19(23)26)13-20-11-12-22(5-2)6-3/h7-10,13,16H,4-6,11-12H2,1-3H3,(H,21,24,26)/t16-/m1/s1. The summed E-state index contributed by atoms with van der Waals surface area (Å²) in [5.41, 5.74) is 1.54. The van der Waals surface area contributed by atoms with Crippen LogP contribution in [0.1, 0.15) is 26.3 Å². The fraction of sp³-hybridized carbons (Fsp3) is 0.474. The third-order valence-electron chi connectivity index (χ3n) is 4.50. The molecule has 0 aromatic heterocycles. The average Bonchev–Trinajstić information content (AvgIpc) is 2.64. The van der Waals surface area contributed by atoms with Crippen molar-refractivity contribution in [3.05, 3.63) is 29.8 Å². The van der Waals surface area contributed by atoms with Crippen molar-refractivity contribution in [1.82, 2.24) is 10.2 Å². The van der Waals surface area contributed by atoms with Crippen LogP contribution in [0.2, 0.25) is 0 Å². The zero-order valence-corrected chi connectivity index (χ0v) is 15.6.